The van der Waals surface area contributed by atoms with Crippen molar-refractivity contribution in [2.45, 2.75) is 6.54 Å². The second-order valence-corrected chi connectivity index (χ2v) is 6.87. The topological polar surface area (TPSA) is 124 Å². The van der Waals surface area contributed by atoms with E-state index in [9.17, 15) is 9.59 Å². The minimum atomic E-state index is -0.371. The quantitative estimate of drug-likeness (QED) is 0.312. The number of carbonyl (C=O) groups excluding carboxylic acids is 2. The lowest BCUT2D eigenvalue weighted by Gasteiger charge is -2.11. The van der Waals surface area contributed by atoms with Crippen molar-refractivity contribution < 1.29 is 9.59 Å². The Kier molecular flexibility index (Phi) is 6.37. The van der Waals surface area contributed by atoms with Gasteiger partial charge in [0, 0.05) is 29.2 Å². The zero-order valence-corrected chi connectivity index (χ0v) is 17.0. The number of aromatic amines is 1. The number of amides is 4. The fourth-order valence-corrected chi connectivity index (χ4v) is 3.02. The van der Waals surface area contributed by atoms with E-state index in [0.29, 0.717) is 29.4 Å². The van der Waals surface area contributed by atoms with Gasteiger partial charge in [-0.2, -0.15) is 5.10 Å². The predicted molar refractivity (Wildman–Crippen MR) is 123 cm³/mol. The zero-order chi connectivity index (χ0) is 22.2. The molecule has 1 aromatic heterocycles. The van der Waals surface area contributed by atoms with Crippen LogP contribution in [0.2, 0.25) is 0 Å². The van der Waals surface area contributed by atoms with Crippen LogP contribution >= 0.6 is 0 Å². The fraction of sp³-hybridized carbons (Fsp3) is 0.0435. The predicted octanol–water partition coefficient (Wildman–Crippen LogP) is 4.44. The summed E-state index contributed by atoms with van der Waals surface area (Å²) in [5.74, 6) is 0.664. The molecule has 160 valence electrons. The van der Waals surface area contributed by atoms with E-state index in [1.165, 1.54) is 6.33 Å². The van der Waals surface area contributed by atoms with Gasteiger partial charge in [-0.3, -0.25) is 5.10 Å². The highest BCUT2D eigenvalue weighted by Crippen LogP contribution is 2.17. The lowest BCUT2D eigenvalue weighted by molar-refractivity contribution is 0.251. The second kappa shape index (κ2) is 9.90. The number of anilines is 3. The highest BCUT2D eigenvalue weighted by Gasteiger charge is 2.07. The molecule has 4 rings (SSSR count). The molecule has 0 aliphatic rings. The molecule has 4 aromatic rings. The molecule has 0 fully saturated rings. The Balaban J connectivity index is 1.30. The van der Waals surface area contributed by atoms with Crippen molar-refractivity contribution in [3.63, 3.8) is 0 Å². The van der Waals surface area contributed by atoms with Crippen molar-refractivity contribution in [1.82, 2.24) is 20.5 Å². The van der Waals surface area contributed by atoms with Crippen molar-refractivity contribution in [3.8, 4) is 11.4 Å². The van der Waals surface area contributed by atoms with Gasteiger partial charge in [-0.1, -0.05) is 42.5 Å². The van der Waals surface area contributed by atoms with E-state index in [0.717, 1.165) is 11.1 Å². The number of para-hydroxylation sites is 1. The maximum absolute atomic E-state index is 12.3. The highest BCUT2D eigenvalue weighted by atomic mass is 16.2. The van der Waals surface area contributed by atoms with Crippen LogP contribution in [0.4, 0.5) is 26.7 Å². The largest absolute Gasteiger partial charge is 0.334 e. The molecular formula is C23H21N7O2. The van der Waals surface area contributed by atoms with E-state index in [2.05, 4.69) is 36.4 Å². The molecule has 5 N–H and O–H groups in total. The number of carbonyl (C=O) groups is 2. The Morgan fingerprint density at radius 1 is 0.750 bits per heavy atom. The van der Waals surface area contributed by atoms with E-state index in [1.54, 1.807) is 36.4 Å². The Labute approximate surface area is 184 Å². The van der Waals surface area contributed by atoms with E-state index in [4.69, 9.17) is 0 Å². The van der Waals surface area contributed by atoms with E-state index >= 15 is 0 Å². The first-order valence-electron chi connectivity index (χ1n) is 9.88. The van der Waals surface area contributed by atoms with Gasteiger partial charge < -0.3 is 21.3 Å². The number of benzene rings is 3. The molecular weight excluding hydrogens is 406 g/mol. The summed E-state index contributed by atoms with van der Waals surface area (Å²) in [5, 5.41) is 17.7. The summed E-state index contributed by atoms with van der Waals surface area (Å²) in [6.45, 7) is 0.339. The molecule has 0 bridgehead atoms. The van der Waals surface area contributed by atoms with Crippen LogP contribution in [0.15, 0.2) is 85.2 Å². The lowest BCUT2D eigenvalue weighted by atomic mass is 10.1. The van der Waals surface area contributed by atoms with E-state index < -0.39 is 0 Å². The van der Waals surface area contributed by atoms with Crippen molar-refractivity contribution in [2.75, 3.05) is 16.0 Å². The van der Waals surface area contributed by atoms with Gasteiger partial charge in [0.25, 0.3) is 0 Å². The number of nitrogens with one attached hydrogen (secondary N) is 5. The Morgan fingerprint density at radius 2 is 1.44 bits per heavy atom. The van der Waals surface area contributed by atoms with Gasteiger partial charge >= 0.3 is 12.1 Å². The molecule has 4 amide bonds. The van der Waals surface area contributed by atoms with E-state index in [1.807, 2.05) is 42.5 Å². The van der Waals surface area contributed by atoms with Crippen LogP contribution in [-0.2, 0) is 6.54 Å². The van der Waals surface area contributed by atoms with Crippen molar-refractivity contribution >= 4 is 29.1 Å². The molecule has 9 nitrogen and oxygen atoms in total. The molecule has 0 radical (unpaired) electrons. The third kappa shape index (κ3) is 5.70. The Morgan fingerprint density at radius 3 is 2.19 bits per heavy atom. The molecule has 3 aromatic carbocycles. The molecule has 9 heteroatoms. The van der Waals surface area contributed by atoms with Gasteiger partial charge in [-0.25, -0.2) is 14.6 Å². The molecule has 0 atom stereocenters. The Hall–Kier alpha value is -4.66. The maximum atomic E-state index is 12.3. The van der Waals surface area contributed by atoms with E-state index in [-0.39, 0.29) is 12.1 Å². The molecule has 0 aliphatic heterocycles. The average molecular weight is 427 g/mol. The number of urea groups is 2. The van der Waals surface area contributed by atoms with Crippen LogP contribution in [0.1, 0.15) is 5.56 Å². The number of hydrogen-bond donors (Lipinski definition) is 5. The van der Waals surface area contributed by atoms with Crippen LogP contribution in [-0.4, -0.2) is 27.2 Å². The monoisotopic (exact) mass is 427 g/mol. The summed E-state index contributed by atoms with van der Waals surface area (Å²) in [6, 6.07) is 22.9. The first kappa shape index (κ1) is 20.6. The SMILES string of the molecule is O=C(NCc1cccc(-c2ncn[nH]2)c1)Nc1cccc(NC(=O)Nc2ccccc2)c1. The van der Waals surface area contributed by atoms with Gasteiger partial charge in [0.1, 0.15) is 6.33 Å². The summed E-state index contributed by atoms with van der Waals surface area (Å²) < 4.78 is 0. The molecule has 0 spiro atoms. The van der Waals surface area contributed by atoms with Gasteiger partial charge in [0.05, 0.1) is 0 Å². The molecule has 1 heterocycles. The van der Waals surface area contributed by atoms with Crippen molar-refractivity contribution in [3.05, 3.63) is 90.8 Å². The summed E-state index contributed by atoms with van der Waals surface area (Å²) in [4.78, 5) is 28.6. The number of hydrogen-bond acceptors (Lipinski definition) is 4. The van der Waals surface area contributed by atoms with Crippen molar-refractivity contribution in [1.29, 1.82) is 0 Å². The first-order chi connectivity index (χ1) is 15.7. The smallest absolute Gasteiger partial charge is 0.323 e. The number of nitrogens with zero attached hydrogens (tertiary/aromatic N) is 2. The number of H-pyrrole nitrogens is 1. The average Bonchev–Trinajstić information content (AvgIpc) is 3.34. The second-order valence-electron chi connectivity index (χ2n) is 6.87. The summed E-state index contributed by atoms with van der Waals surface area (Å²) in [5.41, 5.74) is 3.59. The van der Waals surface area contributed by atoms with Gasteiger partial charge in [0.15, 0.2) is 5.82 Å². The maximum Gasteiger partial charge on any atom is 0.323 e. The van der Waals surface area contributed by atoms with Crippen LogP contribution in [0.3, 0.4) is 0 Å². The highest BCUT2D eigenvalue weighted by molar-refractivity contribution is 6.00. The van der Waals surface area contributed by atoms with Crippen LogP contribution in [0, 0.1) is 0 Å². The minimum absolute atomic E-state index is 0.339. The summed E-state index contributed by atoms with van der Waals surface area (Å²) >= 11 is 0. The minimum Gasteiger partial charge on any atom is -0.334 e. The molecule has 0 saturated heterocycles. The summed E-state index contributed by atoms with van der Waals surface area (Å²) in [7, 11) is 0. The number of aromatic nitrogens is 3. The molecule has 0 unspecified atom stereocenters. The third-order valence-electron chi connectivity index (χ3n) is 4.48. The third-order valence-corrected chi connectivity index (χ3v) is 4.48. The zero-order valence-electron chi connectivity index (χ0n) is 17.0. The van der Waals surface area contributed by atoms with Gasteiger partial charge in [-0.05, 0) is 42.0 Å². The summed E-state index contributed by atoms with van der Waals surface area (Å²) in [6.07, 6.45) is 1.45. The van der Waals surface area contributed by atoms with Crippen LogP contribution < -0.4 is 21.3 Å². The number of rotatable bonds is 6. The van der Waals surface area contributed by atoms with Gasteiger partial charge in [-0.15, -0.1) is 0 Å². The molecule has 0 aliphatic carbocycles. The first-order valence-corrected chi connectivity index (χ1v) is 9.88. The van der Waals surface area contributed by atoms with Gasteiger partial charge in [0.2, 0.25) is 0 Å². The Bertz CT molecular complexity index is 1190. The molecule has 0 saturated carbocycles. The standard InChI is InChI=1S/C23H21N7O2/c31-22(24-14-16-6-4-7-17(12-16)21-25-15-26-30-21)28-19-10-5-11-20(13-19)29-23(32)27-18-8-2-1-3-9-18/h1-13,15H,14H2,(H2,24,28,31)(H,25,26,30)(H2,27,29,32). The van der Waals surface area contributed by atoms with Crippen molar-refractivity contribution in [2.24, 2.45) is 0 Å². The molecule has 32 heavy (non-hydrogen) atoms. The van der Waals surface area contributed by atoms with Crippen LogP contribution in [0.25, 0.3) is 11.4 Å². The lowest BCUT2D eigenvalue weighted by Crippen LogP contribution is -2.28. The van der Waals surface area contributed by atoms with Crippen LogP contribution in [0.5, 0.6) is 0 Å². The normalized spacial score (nSPS) is 10.2. The fourth-order valence-electron chi connectivity index (χ4n) is 3.02.